The third kappa shape index (κ3) is 5.12. The summed E-state index contributed by atoms with van der Waals surface area (Å²) < 4.78 is 0. The molecule has 0 bridgehead atoms. The molecule has 1 heterocycles. The maximum Gasteiger partial charge on any atom is 0.0117 e. The van der Waals surface area contributed by atoms with Crippen molar-refractivity contribution in [3.05, 3.63) is 35.9 Å². The zero-order valence-corrected chi connectivity index (χ0v) is 14.0. The Labute approximate surface area is 130 Å². The van der Waals surface area contributed by atoms with Gasteiger partial charge >= 0.3 is 0 Å². The standard InChI is InChI=1S/C19H32N2/c1-4-13-20-19-12-14-21(15-16(19)2)17(3)10-11-18-8-6-5-7-9-18/h5-9,16-17,19-20H,4,10-15H2,1-3H3. The highest BCUT2D eigenvalue weighted by atomic mass is 15.2. The summed E-state index contributed by atoms with van der Waals surface area (Å²) in [5, 5.41) is 3.71. The number of rotatable bonds is 7. The maximum absolute atomic E-state index is 3.71. The maximum atomic E-state index is 3.71. The van der Waals surface area contributed by atoms with Gasteiger partial charge in [-0.15, -0.1) is 0 Å². The minimum atomic E-state index is 0.694. The van der Waals surface area contributed by atoms with Crippen LogP contribution in [0.2, 0.25) is 0 Å². The van der Waals surface area contributed by atoms with Crippen LogP contribution in [0.5, 0.6) is 0 Å². The first-order valence-electron chi connectivity index (χ1n) is 8.72. The predicted octanol–water partition coefficient (Wildman–Crippen LogP) is 3.72. The van der Waals surface area contributed by atoms with Gasteiger partial charge in [0.1, 0.15) is 0 Å². The van der Waals surface area contributed by atoms with Crippen LogP contribution in [-0.2, 0) is 6.42 Å². The van der Waals surface area contributed by atoms with Gasteiger partial charge in [0.15, 0.2) is 0 Å². The van der Waals surface area contributed by atoms with E-state index in [0.717, 1.165) is 12.0 Å². The van der Waals surface area contributed by atoms with E-state index < -0.39 is 0 Å². The molecule has 3 unspecified atom stereocenters. The Morgan fingerprint density at radius 2 is 2.05 bits per heavy atom. The van der Waals surface area contributed by atoms with Gasteiger partial charge in [0.05, 0.1) is 0 Å². The SMILES string of the molecule is CCCNC1CCN(C(C)CCc2ccccc2)CC1C. The molecule has 1 saturated heterocycles. The lowest BCUT2D eigenvalue weighted by Gasteiger charge is -2.40. The van der Waals surface area contributed by atoms with Gasteiger partial charge in [0.2, 0.25) is 0 Å². The molecule has 2 heteroatoms. The summed E-state index contributed by atoms with van der Waals surface area (Å²) in [5.41, 5.74) is 1.47. The zero-order valence-electron chi connectivity index (χ0n) is 14.0. The number of aryl methyl sites for hydroxylation is 1. The van der Waals surface area contributed by atoms with Crippen LogP contribution in [0.3, 0.4) is 0 Å². The Kier molecular flexibility index (Phi) is 6.72. The van der Waals surface area contributed by atoms with E-state index in [2.05, 4.69) is 61.3 Å². The second-order valence-corrected chi connectivity index (χ2v) is 6.69. The molecule has 1 fully saturated rings. The minimum Gasteiger partial charge on any atom is -0.314 e. The fraction of sp³-hybridized carbons (Fsp3) is 0.684. The van der Waals surface area contributed by atoms with Crippen molar-refractivity contribution >= 4 is 0 Å². The van der Waals surface area contributed by atoms with Crippen molar-refractivity contribution in [1.29, 1.82) is 0 Å². The molecule has 118 valence electrons. The number of hydrogen-bond donors (Lipinski definition) is 1. The number of nitrogens with one attached hydrogen (secondary N) is 1. The summed E-state index contributed by atoms with van der Waals surface area (Å²) in [6.07, 6.45) is 5.01. The van der Waals surface area contributed by atoms with Crippen molar-refractivity contribution in [3.8, 4) is 0 Å². The van der Waals surface area contributed by atoms with E-state index in [9.17, 15) is 0 Å². The summed E-state index contributed by atoms with van der Waals surface area (Å²) in [7, 11) is 0. The number of benzene rings is 1. The van der Waals surface area contributed by atoms with Crippen molar-refractivity contribution in [2.75, 3.05) is 19.6 Å². The topological polar surface area (TPSA) is 15.3 Å². The van der Waals surface area contributed by atoms with Crippen molar-refractivity contribution in [1.82, 2.24) is 10.2 Å². The highest BCUT2D eigenvalue weighted by molar-refractivity contribution is 5.14. The first-order chi connectivity index (χ1) is 10.2. The molecule has 1 aliphatic rings. The second kappa shape index (κ2) is 8.55. The first-order valence-corrected chi connectivity index (χ1v) is 8.72. The van der Waals surface area contributed by atoms with Gasteiger partial charge < -0.3 is 10.2 Å². The van der Waals surface area contributed by atoms with Crippen molar-refractivity contribution in [2.45, 2.75) is 58.5 Å². The quantitative estimate of drug-likeness (QED) is 0.822. The molecule has 0 aliphatic carbocycles. The molecule has 1 aliphatic heterocycles. The Bertz CT molecular complexity index is 390. The fourth-order valence-corrected chi connectivity index (χ4v) is 3.41. The zero-order chi connectivity index (χ0) is 15.1. The van der Waals surface area contributed by atoms with E-state index in [-0.39, 0.29) is 0 Å². The van der Waals surface area contributed by atoms with E-state index in [0.29, 0.717) is 6.04 Å². The Balaban J connectivity index is 1.75. The van der Waals surface area contributed by atoms with Gasteiger partial charge in [0, 0.05) is 18.6 Å². The molecule has 1 aromatic carbocycles. The van der Waals surface area contributed by atoms with Crippen molar-refractivity contribution in [2.24, 2.45) is 5.92 Å². The molecular weight excluding hydrogens is 256 g/mol. The van der Waals surface area contributed by atoms with Crippen molar-refractivity contribution in [3.63, 3.8) is 0 Å². The van der Waals surface area contributed by atoms with Crippen LogP contribution >= 0.6 is 0 Å². The molecule has 2 rings (SSSR count). The van der Waals surface area contributed by atoms with Gasteiger partial charge in [-0.2, -0.15) is 0 Å². The predicted molar refractivity (Wildman–Crippen MR) is 91.7 cm³/mol. The molecule has 0 amide bonds. The van der Waals surface area contributed by atoms with Gasteiger partial charge in [-0.25, -0.2) is 0 Å². The number of piperidine rings is 1. The molecule has 3 atom stereocenters. The molecule has 1 N–H and O–H groups in total. The minimum absolute atomic E-state index is 0.694. The molecule has 0 spiro atoms. The van der Waals surface area contributed by atoms with Gasteiger partial charge in [-0.05, 0) is 57.2 Å². The smallest absolute Gasteiger partial charge is 0.0117 e. The third-order valence-electron chi connectivity index (χ3n) is 4.91. The Morgan fingerprint density at radius 3 is 2.71 bits per heavy atom. The molecule has 1 aromatic rings. The summed E-state index contributed by atoms with van der Waals surface area (Å²) in [4.78, 5) is 2.69. The molecular formula is C19H32N2. The van der Waals surface area contributed by atoms with E-state index in [1.54, 1.807) is 0 Å². The average Bonchev–Trinajstić information content (AvgIpc) is 2.52. The Morgan fingerprint density at radius 1 is 1.29 bits per heavy atom. The highest BCUT2D eigenvalue weighted by Gasteiger charge is 2.27. The van der Waals surface area contributed by atoms with Gasteiger partial charge in [0.25, 0.3) is 0 Å². The molecule has 21 heavy (non-hydrogen) atoms. The van der Waals surface area contributed by atoms with Crippen LogP contribution in [0.1, 0.15) is 45.6 Å². The molecule has 0 saturated carbocycles. The number of likely N-dealkylation sites (tertiary alicyclic amines) is 1. The van der Waals surface area contributed by atoms with E-state index in [1.165, 1.54) is 50.9 Å². The third-order valence-corrected chi connectivity index (χ3v) is 4.91. The van der Waals surface area contributed by atoms with E-state index in [4.69, 9.17) is 0 Å². The summed E-state index contributed by atoms with van der Waals surface area (Å²) in [5.74, 6) is 0.768. The van der Waals surface area contributed by atoms with Crippen LogP contribution in [-0.4, -0.2) is 36.6 Å². The monoisotopic (exact) mass is 288 g/mol. The first kappa shape index (κ1) is 16.5. The summed E-state index contributed by atoms with van der Waals surface area (Å²) >= 11 is 0. The highest BCUT2D eigenvalue weighted by Crippen LogP contribution is 2.20. The second-order valence-electron chi connectivity index (χ2n) is 6.69. The van der Waals surface area contributed by atoms with Crippen LogP contribution in [0.15, 0.2) is 30.3 Å². The molecule has 0 aromatic heterocycles. The van der Waals surface area contributed by atoms with E-state index >= 15 is 0 Å². The van der Waals surface area contributed by atoms with Crippen LogP contribution < -0.4 is 5.32 Å². The molecule has 0 radical (unpaired) electrons. The normalized spacial score (nSPS) is 24.9. The number of hydrogen-bond acceptors (Lipinski definition) is 2. The van der Waals surface area contributed by atoms with E-state index in [1.807, 2.05) is 0 Å². The van der Waals surface area contributed by atoms with Crippen LogP contribution in [0.4, 0.5) is 0 Å². The summed E-state index contributed by atoms with van der Waals surface area (Å²) in [6.45, 7) is 10.7. The Hall–Kier alpha value is -0.860. The van der Waals surface area contributed by atoms with Crippen LogP contribution in [0.25, 0.3) is 0 Å². The number of nitrogens with zero attached hydrogens (tertiary/aromatic N) is 1. The lowest BCUT2D eigenvalue weighted by atomic mass is 9.92. The largest absolute Gasteiger partial charge is 0.314 e. The van der Waals surface area contributed by atoms with Gasteiger partial charge in [-0.3, -0.25) is 0 Å². The average molecular weight is 288 g/mol. The lowest BCUT2D eigenvalue weighted by Crippen LogP contribution is -2.51. The summed E-state index contributed by atoms with van der Waals surface area (Å²) in [6, 6.07) is 12.3. The lowest BCUT2D eigenvalue weighted by molar-refractivity contribution is 0.107. The van der Waals surface area contributed by atoms with Gasteiger partial charge in [-0.1, -0.05) is 44.2 Å². The van der Waals surface area contributed by atoms with Crippen molar-refractivity contribution < 1.29 is 0 Å². The fourth-order valence-electron chi connectivity index (χ4n) is 3.41. The molecule has 2 nitrogen and oxygen atoms in total. The van der Waals surface area contributed by atoms with Crippen LogP contribution in [0, 0.1) is 5.92 Å².